The maximum absolute atomic E-state index is 12.8. The van der Waals surface area contributed by atoms with Gasteiger partial charge in [-0.15, -0.1) is 0 Å². The van der Waals surface area contributed by atoms with Gasteiger partial charge in [0.25, 0.3) is 0 Å². The van der Waals surface area contributed by atoms with Gasteiger partial charge in [0.05, 0.1) is 12.2 Å². The fraction of sp³-hybridized carbons (Fsp3) is 0.300. The van der Waals surface area contributed by atoms with E-state index in [1.54, 1.807) is 0 Å². The van der Waals surface area contributed by atoms with Crippen LogP contribution in [-0.2, 0) is 0 Å². The number of carbonyl (C=O) groups excluding carboxylic acids is 1. The van der Waals surface area contributed by atoms with Crippen LogP contribution in [0.1, 0.15) is 17.3 Å². The molecule has 0 radical (unpaired) electrons. The van der Waals surface area contributed by atoms with Crippen LogP contribution in [0, 0.1) is 5.82 Å². The van der Waals surface area contributed by atoms with Gasteiger partial charge in [0, 0.05) is 0 Å². The molecule has 0 amide bonds. The Bertz CT molecular complexity index is 336. The van der Waals surface area contributed by atoms with Crippen molar-refractivity contribution in [1.29, 1.82) is 0 Å². The van der Waals surface area contributed by atoms with Crippen LogP contribution in [0.5, 0.6) is 5.75 Å². The van der Waals surface area contributed by atoms with Crippen molar-refractivity contribution in [2.75, 3.05) is 13.2 Å². The summed E-state index contributed by atoms with van der Waals surface area (Å²) in [6, 6.07) is 3.70. The summed E-state index contributed by atoms with van der Waals surface area (Å²) in [5.41, 5.74) is 0.193. The van der Waals surface area contributed by atoms with Crippen LogP contribution < -0.4 is 4.74 Å². The summed E-state index contributed by atoms with van der Waals surface area (Å²) in [4.78, 5) is 11.1. The Kier molecular flexibility index (Phi) is 3.59. The summed E-state index contributed by atoms with van der Waals surface area (Å²) in [6.45, 7) is 1.28. The first-order chi connectivity index (χ1) is 6.65. The molecule has 0 saturated heterocycles. The van der Waals surface area contributed by atoms with Crippen LogP contribution >= 0.6 is 0 Å². The molecule has 0 aliphatic carbocycles. The van der Waals surface area contributed by atoms with Crippen molar-refractivity contribution < 1.29 is 19.0 Å². The predicted molar refractivity (Wildman–Crippen MR) is 49.0 cm³/mol. The Morgan fingerprint density at radius 3 is 2.86 bits per heavy atom. The third-order valence-corrected chi connectivity index (χ3v) is 1.67. The molecular formula is C10H11FO3. The summed E-state index contributed by atoms with van der Waals surface area (Å²) in [7, 11) is 0. The number of benzene rings is 1. The van der Waals surface area contributed by atoms with E-state index in [-0.39, 0.29) is 24.6 Å². The van der Waals surface area contributed by atoms with Crippen LogP contribution in [0.25, 0.3) is 0 Å². The zero-order valence-corrected chi connectivity index (χ0v) is 7.79. The molecule has 1 N–H and O–H groups in total. The molecule has 0 bridgehead atoms. The second kappa shape index (κ2) is 4.72. The lowest BCUT2D eigenvalue weighted by atomic mass is 10.1. The van der Waals surface area contributed by atoms with E-state index < -0.39 is 5.82 Å². The Labute approximate surface area is 81.1 Å². The van der Waals surface area contributed by atoms with Crippen molar-refractivity contribution >= 4 is 5.78 Å². The van der Waals surface area contributed by atoms with Crippen molar-refractivity contribution in [3.63, 3.8) is 0 Å². The van der Waals surface area contributed by atoms with Gasteiger partial charge in [-0.3, -0.25) is 4.79 Å². The molecule has 76 valence electrons. The number of ketones is 1. The molecule has 3 nitrogen and oxygen atoms in total. The van der Waals surface area contributed by atoms with Crippen LogP contribution in [-0.4, -0.2) is 24.1 Å². The smallest absolute Gasteiger partial charge is 0.163 e. The van der Waals surface area contributed by atoms with E-state index in [0.717, 1.165) is 6.07 Å². The van der Waals surface area contributed by atoms with E-state index in [4.69, 9.17) is 9.84 Å². The van der Waals surface area contributed by atoms with Crippen molar-refractivity contribution in [1.82, 2.24) is 0 Å². The molecule has 1 rings (SSSR count). The van der Waals surface area contributed by atoms with Crippen molar-refractivity contribution in [2.45, 2.75) is 6.92 Å². The lowest BCUT2D eigenvalue weighted by molar-refractivity contribution is 0.101. The first kappa shape index (κ1) is 10.7. The van der Waals surface area contributed by atoms with Gasteiger partial charge in [0.15, 0.2) is 5.78 Å². The molecular weight excluding hydrogens is 187 g/mol. The molecule has 0 heterocycles. The lowest BCUT2D eigenvalue weighted by Crippen LogP contribution is -2.06. The number of aliphatic hydroxyl groups excluding tert-OH is 1. The zero-order chi connectivity index (χ0) is 10.6. The number of ether oxygens (including phenoxy) is 1. The molecule has 0 aliphatic rings. The molecule has 0 fully saturated rings. The van der Waals surface area contributed by atoms with Crippen molar-refractivity contribution in [3.8, 4) is 5.75 Å². The van der Waals surface area contributed by atoms with Crippen LogP contribution in [0.2, 0.25) is 0 Å². The molecule has 4 heteroatoms. The van der Waals surface area contributed by atoms with Crippen LogP contribution in [0.15, 0.2) is 18.2 Å². The number of halogens is 1. The summed E-state index contributed by atoms with van der Waals surface area (Å²) in [6.07, 6.45) is 0. The standard InChI is InChI=1S/C10H11FO3/c1-7(13)9-6-8(11)2-3-10(9)14-5-4-12/h2-3,6,12H,4-5H2,1H3. The van der Waals surface area contributed by atoms with Gasteiger partial charge in [0.1, 0.15) is 18.2 Å². The van der Waals surface area contributed by atoms with Crippen molar-refractivity contribution in [2.24, 2.45) is 0 Å². The van der Waals surface area contributed by atoms with Gasteiger partial charge in [0.2, 0.25) is 0 Å². The maximum Gasteiger partial charge on any atom is 0.163 e. The highest BCUT2D eigenvalue weighted by molar-refractivity contribution is 5.96. The quantitative estimate of drug-likeness (QED) is 0.744. The number of carbonyl (C=O) groups is 1. The number of hydrogen-bond donors (Lipinski definition) is 1. The summed E-state index contributed by atoms with van der Waals surface area (Å²) in [5, 5.41) is 8.53. The Morgan fingerprint density at radius 2 is 2.29 bits per heavy atom. The Morgan fingerprint density at radius 1 is 1.57 bits per heavy atom. The van der Waals surface area contributed by atoms with Gasteiger partial charge in [-0.1, -0.05) is 0 Å². The van der Waals surface area contributed by atoms with Gasteiger partial charge in [-0.05, 0) is 25.1 Å². The number of Topliss-reactive ketones (excluding diaryl/α,β-unsaturated/α-hetero) is 1. The SMILES string of the molecule is CC(=O)c1cc(F)ccc1OCCO. The van der Waals surface area contributed by atoms with Gasteiger partial charge in [-0.25, -0.2) is 4.39 Å². The molecule has 0 atom stereocenters. The molecule has 0 saturated carbocycles. The average Bonchev–Trinajstić information content (AvgIpc) is 2.15. The average molecular weight is 198 g/mol. The minimum atomic E-state index is -0.480. The predicted octanol–water partition coefficient (Wildman–Crippen LogP) is 1.40. The van der Waals surface area contributed by atoms with Crippen LogP contribution in [0.3, 0.4) is 0 Å². The van der Waals surface area contributed by atoms with E-state index in [1.165, 1.54) is 19.1 Å². The fourth-order valence-electron chi connectivity index (χ4n) is 1.06. The minimum Gasteiger partial charge on any atom is -0.490 e. The second-order valence-electron chi connectivity index (χ2n) is 2.77. The van der Waals surface area contributed by atoms with Gasteiger partial charge in [-0.2, -0.15) is 0 Å². The fourth-order valence-corrected chi connectivity index (χ4v) is 1.06. The third kappa shape index (κ3) is 2.53. The first-order valence-electron chi connectivity index (χ1n) is 4.19. The minimum absolute atomic E-state index is 0.0892. The van der Waals surface area contributed by atoms with E-state index >= 15 is 0 Å². The number of hydrogen-bond acceptors (Lipinski definition) is 3. The largest absolute Gasteiger partial charge is 0.490 e. The van der Waals surface area contributed by atoms with E-state index in [9.17, 15) is 9.18 Å². The number of aliphatic hydroxyl groups is 1. The second-order valence-corrected chi connectivity index (χ2v) is 2.77. The van der Waals surface area contributed by atoms with E-state index in [2.05, 4.69) is 0 Å². The monoisotopic (exact) mass is 198 g/mol. The number of rotatable bonds is 4. The van der Waals surface area contributed by atoms with Crippen molar-refractivity contribution in [3.05, 3.63) is 29.6 Å². The highest BCUT2D eigenvalue weighted by atomic mass is 19.1. The topological polar surface area (TPSA) is 46.5 Å². The van der Waals surface area contributed by atoms with E-state index in [1.807, 2.05) is 0 Å². The molecule has 14 heavy (non-hydrogen) atoms. The molecule has 0 aliphatic heterocycles. The van der Waals surface area contributed by atoms with Gasteiger partial charge >= 0.3 is 0 Å². The summed E-state index contributed by atoms with van der Waals surface area (Å²) in [5.74, 6) is -0.447. The zero-order valence-electron chi connectivity index (χ0n) is 7.79. The van der Waals surface area contributed by atoms with Gasteiger partial charge < -0.3 is 9.84 Å². The normalized spacial score (nSPS) is 9.93. The molecule has 0 aromatic heterocycles. The molecule has 0 unspecified atom stereocenters. The van der Waals surface area contributed by atoms with E-state index in [0.29, 0.717) is 5.75 Å². The molecule has 1 aromatic carbocycles. The van der Waals surface area contributed by atoms with Crippen LogP contribution in [0.4, 0.5) is 4.39 Å². The lowest BCUT2D eigenvalue weighted by Gasteiger charge is -2.07. The Balaban J connectivity index is 2.96. The first-order valence-corrected chi connectivity index (χ1v) is 4.19. The third-order valence-electron chi connectivity index (χ3n) is 1.67. The Hall–Kier alpha value is -1.42. The summed E-state index contributed by atoms with van der Waals surface area (Å²) >= 11 is 0. The highest BCUT2D eigenvalue weighted by Crippen LogP contribution is 2.19. The molecule has 1 aromatic rings. The molecule has 0 spiro atoms. The summed E-state index contributed by atoms with van der Waals surface area (Å²) < 4.78 is 17.8. The maximum atomic E-state index is 12.8. The highest BCUT2D eigenvalue weighted by Gasteiger charge is 2.09.